The van der Waals surface area contributed by atoms with E-state index in [-0.39, 0.29) is 0 Å². The standard InChI is InChI=1S/C6H6O4.C4H6O/c1-2-10-6(9)4-3-5(7)8;1-3-5-4-2/h2-4H,1H2,(H,7,8);3-4H,1-2H2. The molecule has 0 unspecified atom stereocenters. The molecular weight excluding hydrogens is 200 g/mol. The molecule has 0 aliphatic rings. The molecule has 0 spiro atoms. The molecule has 5 nitrogen and oxygen atoms in total. The molecule has 15 heavy (non-hydrogen) atoms. The summed E-state index contributed by atoms with van der Waals surface area (Å²) in [5.74, 6) is -1.95. The topological polar surface area (TPSA) is 72.8 Å². The van der Waals surface area contributed by atoms with Crippen molar-refractivity contribution in [1.82, 2.24) is 0 Å². The molecule has 0 aromatic carbocycles. The minimum atomic E-state index is -1.19. The average Bonchev–Trinajstić information content (AvgIpc) is 2.17. The molecule has 1 N–H and O–H groups in total. The zero-order valence-corrected chi connectivity index (χ0v) is 8.09. The number of rotatable bonds is 5. The molecule has 82 valence electrons. The highest BCUT2D eigenvalue weighted by Crippen LogP contribution is 1.80. The third-order valence-corrected chi connectivity index (χ3v) is 0.754. The third-order valence-electron chi connectivity index (χ3n) is 0.754. The number of ether oxygens (including phenoxy) is 2. The molecule has 0 aromatic heterocycles. The van der Waals surface area contributed by atoms with Crippen molar-refractivity contribution in [3.8, 4) is 0 Å². The molecule has 0 saturated heterocycles. The molecule has 0 heterocycles. The second-order valence-corrected chi connectivity index (χ2v) is 1.74. The van der Waals surface area contributed by atoms with E-state index >= 15 is 0 Å². The van der Waals surface area contributed by atoms with Crippen LogP contribution in [0.2, 0.25) is 0 Å². The quantitative estimate of drug-likeness (QED) is 0.425. The van der Waals surface area contributed by atoms with Crippen molar-refractivity contribution >= 4 is 11.9 Å². The van der Waals surface area contributed by atoms with Gasteiger partial charge >= 0.3 is 11.9 Å². The number of carboxylic acid groups (broad SMARTS) is 1. The highest BCUT2D eigenvalue weighted by molar-refractivity contribution is 5.90. The molecule has 0 aromatic rings. The highest BCUT2D eigenvalue weighted by Gasteiger charge is 1.93. The zero-order valence-electron chi connectivity index (χ0n) is 8.09. The minimum Gasteiger partial charge on any atom is -0.478 e. The molecule has 0 fully saturated rings. The molecule has 5 heteroatoms. The maximum Gasteiger partial charge on any atom is 0.335 e. The van der Waals surface area contributed by atoms with Crippen molar-refractivity contribution in [1.29, 1.82) is 0 Å². The summed E-state index contributed by atoms with van der Waals surface area (Å²) in [4.78, 5) is 20.1. The minimum absolute atomic E-state index is 0.686. The van der Waals surface area contributed by atoms with E-state index in [4.69, 9.17) is 5.11 Å². The number of carbonyl (C=O) groups is 2. The van der Waals surface area contributed by atoms with Crippen molar-refractivity contribution in [2.24, 2.45) is 0 Å². The van der Waals surface area contributed by atoms with Gasteiger partial charge in [-0.2, -0.15) is 0 Å². The summed E-state index contributed by atoms with van der Waals surface area (Å²) in [5.41, 5.74) is 0. The second kappa shape index (κ2) is 11.7. The Labute approximate surface area is 87.6 Å². The summed E-state index contributed by atoms with van der Waals surface area (Å²) in [6.45, 7) is 9.62. The van der Waals surface area contributed by atoms with E-state index in [9.17, 15) is 9.59 Å². The Balaban J connectivity index is 0. The lowest BCUT2D eigenvalue weighted by Crippen LogP contribution is -1.95. The maximum atomic E-state index is 10.3. The van der Waals surface area contributed by atoms with Gasteiger partial charge in [-0.3, -0.25) is 0 Å². The first-order chi connectivity index (χ1) is 7.08. The van der Waals surface area contributed by atoms with Gasteiger partial charge in [0, 0.05) is 12.2 Å². The Bertz CT molecular complexity index is 259. The van der Waals surface area contributed by atoms with Gasteiger partial charge in [-0.1, -0.05) is 19.7 Å². The number of carbonyl (C=O) groups excluding carboxylic acids is 1. The first-order valence-electron chi connectivity index (χ1n) is 3.68. The largest absolute Gasteiger partial charge is 0.478 e. The van der Waals surface area contributed by atoms with Gasteiger partial charge in [-0.25, -0.2) is 9.59 Å². The fourth-order valence-electron chi connectivity index (χ4n) is 0.329. The van der Waals surface area contributed by atoms with Crippen LogP contribution in [0.4, 0.5) is 0 Å². The van der Waals surface area contributed by atoms with Crippen LogP contribution in [0.3, 0.4) is 0 Å². The Hall–Kier alpha value is -2.30. The fourth-order valence-corrected chi connectivity index (χ4v) is 0.329. The summed E-state index contributed by atoms with van der Waals surface area (Å²) in [7, 11) is 0. The summed E-state index contributed by atoms with van der Waals surface area (Å²) >= 11 is 0. The van der Waals surface area contributed by atoms with Gasteiger partial charge in [0.2, 0.25) is 0 Å². The molecule has 0 bridgehead atoms. The monoisotopic (exact) mass is 212 g/mol. The summed E-state index contributed by atoms with van der Waals surface area (Å²) < 4.78 is 8.53. The lowest BCUT2D eigenvalue weighted by Gasteiger charge is -1.87. The van der Waals surface area contributed by atoms with Crippen LogP contribution in [0.25, 0.3) is 0 Å². The highest BCUT2D eigenvalue weighted by atomic mass is 16.5. The summed E-state index contributed by atoms with van der Waals surface area (Å²) in [6, 6.07) is 0. The molecule has 0 amide bonds. The Morgan fingerprint density at radius 2 is 1.53 bits per heavy atom. The molecular formula is C10H12O5. The van der Waals surface area contributed by atoms with Crippen LogP contribution >= 0.6 is 0 Å². The van der Waals surface area contributed by atoms with Crippen molar-refractivity contribution in [3.63, 3.8) is 0 Å². The van der Waals surface area contributed by atoms with Gasteiger partial charge in [-0.15, -0.1) is 0 Å². The van der Waals surface area contributed by atoms with Crippen LogP contribution in [0, 0.1) is 0 Å². The fraction of sp³-hybridized carbons (Fsp3) is 0. The van der Waals surface area contributed by atoms with Gasteiger partial charge in [-0.05, 0) is 0 Å². The smallest absolute Gasteiger partial charge is 0.335 e. The third kappa shape index (κ3) is 18.6. The predicted molar refractivity (Wildman–Crippen MR) is 54.5 cm³/mol. The number of hydrogen-bond acceptors (Lipinski definition) is 4. The maximum absolute atomic E-state index is 10.3. The van der Waals surface area contributed by atoms with Gasteiger partial charge in [0.1, 0.15) is 0 Å². The number of carboxylic acids is 1. The van der Waals surface area contributed by atoms with Gasteiger partial charge in [0.25, 0.3) is 0 Å². The van der Waals surface area contributed by atoms with E-state index < -0.39 is 11.9 Å². The van der Waals surface area contributed by atoms with Crippen molar-refractivity contribution < 1.29 is 24.2 Å². The van der Waals surface area contributed by atoms with Crippen LogP contribution in [0.15, 0.2) is 50.7 Å². The lowest BCUT2D eigenvalue weighted by atomic mass is 10.5. The van der Waals surface area contributed by atoms with Crippen LogP contribution < -0.4 is 0 Å². The Morgan fingerprint density at radius 1 is 1.00 bits per heavy atom. The molecule has 0 radical (unpaired) electrons. The first-order valence-corrected chi connectivity index (χ1v) is 3.68. The number of hydrogen-bond donors (Lipinski definition) is 1. The van der Waals surface area contributed by atoms with Crippen LogP contribution in [0.1, 0.15) is 0 Å². The van der Waals surface area contributed by atoms with Gasteiger partial charge in [0.05, 0.1) is 18.8 Å². The molecule has 0 aliphatic heterocycles. The normalized spacial score (nSPS) is 8.00. The molecule has 0 saturated carbocycles. The van der Waals surface area contributed by atoms with Gasteiger partial charge in [0.15, 0.2) is 0 Å². The average molecular weight is 212 g/mol. The van der Waals surface area contributed by atoms with E-state index in [1.165, 1.54) is 12.5 Å². The Kier molecular flexibility index (Phi) is 11.8. The van der Waals surface area contributed by atoms with Gasteiger partial charge < -0.3 is 14.6 Å². The van der Waals surface area contributed by atoms with Crippen LogP contribution in [-0.2, 0) is 19.1 Å². The van der Waals surface area contributed by atoms with E-state index in [1.54, 1.807) is 0 Å². The summed E-state index contributed by atoms with van der Waals surface area (Å²) in [5, 5.41) is 8.01. The van der Waals surface area contributed by atoms with Crippen molar-refractivity contribution in [3.05, 3.63) is 50.7 Å². The van der Waals surface area contributed by atoms with E-state index in [2.05, 4.69) is 29.2 Å². The molecule has 0 aliphatic carbocycles. The number of aliphatic carboxylic acids is 1. The van der Waals surface area contributed by atoms with E-state index in [0.29, 0.717) is 6.08 Å². The van der Waals surface area contributed by atoms with E-state index in [1.807, 2.05) is 0 Å². The molecule has 0 atom stereocenters. The number of esters is 1. The van der Waals surface area contributed by atoms with Crippen LogP contribution in [0.5, 0.6) is 0 Å². The SMILES string of the molecule is C=COC(=O)C=CC(=O)O.C=COC=C. The second-order valence-electron chi connectivity index (χ2n) is 1.74. The van der Waals surface area contributed by atoms with Crippen molar-refractivity contribution in [2.75, 3.05) is 0 Å². The van der Waals surface area contributed by atoms with E-state index in [0.717, 1.165) is 12.3 Å². The Morgan fingerprint density at radius 3 is 1.80 bits per heavy atom. The molecule has 0 rings (SSSR count). The first kappa shape index (κ1) is 15.2. The summed E-state index contributed by atoms with van der Waals surface area (Å²) in [6.07, 6.45) is 5.03. The van der Waals surface area contributed by atoms with Crippen molar-refractivity contribution in [2.45, 2.75) is 0 Å². The lowest BCUT2D eigenvalue weighted by molar-refractivity contribution is -0.134. The zero-order chi connectivity index (χ0) is 12.1. The van der Waals surface area contributed by atoms with Crippen LogP contribution in [-0.4, -0.2) is 17.0 Å². The predicted octanol–water partition coefficient (Wildman–Crippen LogP) is 1.60.